The number of rotatable bonds is 6. The Hall–Kier alpha value is -1.62. The highest BCUT2D eigenvalue weighted by Gasteiger charge is 2.07. The Morgan fingerprint density at radius 1 is 1.35 bits per heavy atom. The van der Waals surface area contributed by atoms with Gasteiger partial charge in [-0.05, 0) is 12.1 Å². The summed E-state index contributed by atoms with van der Waals surface area (Å²) in [6, 6.07) is 3.80. The molecule has 0 aromatic heterocycles. The minimum Gasteiger partial charge on any atom is -0.508 e. The Kier molecular flexibility index (Phi) is 5.42. The van der Waals surface area contributed by atoms with Crippen LogP contribution in [0.25, 0.3) is 0 Å². The summed E-state index contributed by atoms with van der Waals surface area (Å²) in [6.45, 7) is 4.13. The largest absolute Gasteiger partial charge is 0.508 e. The predicted octanol–water partition coefficient (Wildman–Crippen LogP) is 1.75. The molecule has 0 bridgehead atoms. The van der Waals surface area contributed by atoms with E-state index in [4.69, 9.17) is 0 Å². The van der Waals surface area contributed by atoms with E-state index in [1.165, 1.54) is 18.2 Å². The number of phenols is 2. The van der Waals surface area contributed by atoms with Crippen molar-refractivity contribution in [2.45, 2.75) is 0 Å². The monoisotopic (exact) mass is 253 g/mol. The van der Waals surface area contributed by atoms with Crippen LogP contribution in [0.5, 0.6) is 11.5 Å². The molecule has 1 rings (SSSR count). The van der Waals surface area contributed by atoms with Gasteiger partial charge in [-0.1, -0.05) is 6.08 Å². The van der Waals surface area contributed by atoms with Crippen LogP contribution < -0.4 is 5.32 Å². The van der Waals surface area contributed by atoms with Crippen LogP contribution in [0.1, 0.15) is 10.4 Å². The topological polar surface area (TPSA) is 69.6 Å². The fraction of sp³-hybridized carbons (Fsp3) is 0.250. The van der Waals surface area contributed by atoms with E-state index in [0.717, 1.165) is 11.5 Å². The molecule has 5 heteroatoms. The molecule has 4 nitrogen and oxygen atoms in total. The Bertz CT molecular complexity index is 386. The van der Waals surface area contributed by atoms with Crippen LogP contribution in [0.2, 0.25) is 0 Å². The molecule has 0 atom stereocenters. The maximum absolute atomic E-state index is 11.6. The average Bonchev–Trinajstić information content (AvgIpc) is 2.27. The minimum atomic E-state index is -0.310. The molecule has 1 aromatic rings. The van der Waals surface area contributed by atoms with Crippen molar-refractivity contribution >= 4 is 17.7 Å². The Morgan fingerprint density at radius 2 is 2.00 bits per heavy atom. The van der Waals surface area contributed by atoms with E-state index in [1.54, 1.807) is 17.8 Å². The highest BCUT2D eigenvalue weighted by Crippen LogP contribution is 2.20. The maximum Gasteiger partial charge on any atom is 0.251 e. The number of carbonyl (C=O) groups is 1. The number of aromatic hydroxyl groups is 2. The molecule has 0 fully saturated rings. The van der Waals surface area contributed by atoms with Gasteiger partial charge in [0.05, 0.1) is 0 Å². The number of thioether (sulfide) groups is 1. The lowest BCUT2D eigenvalue weighted by molar-refractivity contribution is 0.0955. The number of benzene rings is 1. The number of phenolic OH excluding ortho intramolecular Hbond substituents is 2. The number of nitrogens with one attached hydrogen (secondary N) is 1. The maximum atomic E-state index is 11.6. The number of amides is 1. The molecular weight excluding hydrogens is 238 g/mol. The molecule has 92 valence electrons. The third kappa shape index (κ3) is 4.82. The van der Waals surface area contributed by atoms with Crippen LogP contribution in [-0.4, -0.2) is 34.2 Å². The summed E-state index contributed by atoms with van der Waals surface area (Å²) in [5, 5.41) is 21.2. The van der Waals surface area contributed by atoms with Gasteiger partial charge in [0, 0.05) is 29.7 Å². The molecular formula is C12H15NO3S. The zero-order chi connectivity index (χ0) is 12.7. The van der Waals surface area contributed by atoms with E-state index in [1.807, 2.05) is 0 Å². The van der Waals surface area contributed by atoms with Gasteiger partial charge in [-0.25, -0.2) is 0 Å². The van der Waals surface area contributed by atoms with Crippen LogP contribution in [-0.2, 0) is 0 Å². The predicted molar refractivity (Wildman–Crippen MR) is 69.6 cm³/mol. The highest BCUT2D eigenvalue weighted by atomic mass is 32.2. The van der Waals surface area contributed by atoms with Gasteiger partial charge in [-0.2, -0.15) is 11.8 Å². The average molecular weight is 253 g/mol. The third-order valence-corrected chi connectivity index (χ3v) is 2.90. The molecule has 1 aromatic carbocycles. The summed E-state index contributed by atoms with van der Waals surface area (Å²) in [5.74, 6) is 1.08. The molecule has 1 amide bonds. The van der Waals surface area contributed by atoms with Crippen molar-refractivity contribution in [2.24, 2.45) is 0 Å². The van der Waals surface area contributed by atoms with Crippen molar-refractivity contribution in [1.29, 1.82) is 0 Å². The molecule has 3 N–H and O–H groups in total. The SMILES string of the molecule is C=CCSCCNC(=O)c1cc(O)cc(O)c1. The molecule has 17 heavy (non-hydrogen) atoms. The first kappa shape index (κ1) is 13.4. The normalized spacial score (nSPS) is 9.88. The van der Waals surface area contributed by atoms with Crippen molar-refractivity contribution in [3.63, 3.8) is 0 Å². The van der Waals surface area contributed by atoms with Gasteiger partial charge >= 0.3 is 0 Å². The van der Waals surface area contributed by atoms with Crippen molar-refractivity contribution in [2.75, 3.05) is 18.1 Å². The molecule has 0 aliphatic heterocycles. The van der Waals surface area contributed by atoms with Crippen LogP contribution in [0, 0.1) is 0 Å². The molecule has 0 unspecified atom stereocenters. The molecule has 0 saturated carbocycles. The molecule has 0 radical (unpaired) electrons. The lowest BCUT2D eigenvalue weighted by Gasteiger charge is -2.05. The lowest BCUT2D eigenvalue weighted by atomic mass is 10.2. The summed E-state index contributed by atoms with van der Waals surface area (Å²) in [4.78, 5) is 11.6. The second-order valence-corrected chi connectivity index (χ2v) is 4.51. The van der Waals surface area contributed by atoms with Crippen molar-refractivity contribution in [3.05, 3.63) is 36.4 Å². The van der Waals surface area contributed by atoms with Gasteiger partial charge in [0.2, 0.25) is 0 Å². The third-order valence-electron chi connectivity index (χ3n) is 1.93. The molecule has 0 aliphatic rings. The minimum absolute atomic E-state index is 0.129. The van der Waals surface area contributed by atoms with Crippen LogP contribution in [0.15, 0.2) is 30.9 Å². The van der Waals surface area contributed by atoms with Gasteiger partial charge in [0.25, 0.3) is 5.91 Å². The molecule has 0 heterocycles. The van der Waals surface area contributed by atoms with E-state index < -0.39 is 0 Å². The number of carbonyl (C=O) groups excluding carboxylic acids is 1. The first-order valence-electron chi connectivity index (χ1n) is 5.13. The summed E-state index contributed by atoms with van der Waals surface area (Å²) >= 11 is 1.67. The van der Waals surface area contributed by atoms with E-state index in [2.05, 4.69) is 11.9 Å². The van der Waals surface area contributed by atoms with Gasteiger partial charge < -0.3 is 15.5 Å². The Morgan fingerprint density at radius 3 is 2.59 bits per heavy atom. The van der Waals surface area contributed by atoms with E-state index in [-0.39, 0.29) is 23.0 Å². The lowest BCUT2D eigenvalue weighted by Crippen LogP contribution is -2.25. The summed E-state index contributed by atoms with van der Waals surface area (Å²) in [5.41, 5.74) is 0.247. The van der Waals surface area contributed by atoms with Crippen LogP contribution >= 0.6 is 11.8 Å². The summed E-state index contributed by atoms with van der Waals surface area (Å²) in [6.07, 6.45) is 1.81. The summed E-state index contributed by atoms with van der Waals surface area (Å²) in [7, 11) is 0. The second-order valence-electron chi connectivity index (χ2n) is 3.36. The number of hydrogen-bond acceptors (Lipinski definition) is 4. The second kappa shape index (κ2) is 6.85. The first-order chi connectivity index (χ1) is 8.13. The van der Waals surface area contributed by atoms with Crippen molar-refractivity contribution in [3.8, 4) is 11.5 Å². The zero-order valence-electron chi connectivity index (χ0n) is 9.35. The highest BCUT2D eigenvalue weighted by molar-refractivity contribution is 7.99. The molecule has 0 saturated heterocycles. The fourth-order valence-electron chi connectivity index (χ4n) is 1.23. The van der Waals surface area contributed by atoms with E-state index in [0.29, 0.717) is 6.54 Å². The van der Waals surface area contributed by atoms with Gasteiger partial charge in [-0.15, -0.1) is 6.58 Å². The first-order valence-corrected chi connectivity index (χ1v) is 6.29. The van der Waals surface area contributed by atoms with Gasteiger partial charge in [0.15, 0.2) is 0 Å². The van der Waals surface area contributed by atoms with Gasteiger partial charge in [0.1, 0.15) is 11.5 Å². The standard InChI is InChI=1S/C12H15NO3S/c1-2-4-17-5-3-13-12(16)9-6-10(14)8-11(15)7-9/h2,6-8,14-15H,1,3-5H2,(H,13,16). The number of hydrogen-bond donors (Lipinski definition) is 3. The Labute approximate surface area is 104 Å². The Balaban J connectivity index is 2.44. The fourth-order valence-corrected chi connectivity index (χ4v) is 1.81. The van der Waals surface area contributed by atoms with E-state index in [9.17, 15) is 15.0 Å². The van der Waals surface area contributed by atoms with Crippen LogP contribution in [0.4, 0.5) is 0 Å². The van der Waals surface area contributed by atoms with Crippen LogP contribution in [0.3, 0.4) is 0 Å². The van der Waals surface area contributed by atoms with Gasteiger partial charge in [-0.3, -0.25) is 4.79 Å². The smallest absolute Gasteiger partial charge is 0.251 e. The summed E-state index contributed by atoms with van der Waals surface area (Å²) < 4.78 is 0. The zero-order valence-corrected chi connectivity index (χ0v) is 10.2. The molecule has 0 spiro atoms. The quantitative estimate of drug-likeness (QED) is 0.533. The molecule has 0 aliphatic carbocycles. The van der Waals surface area contributed by atoms with Crippen molar-refractivity contribution < 1.29 is 15.0 Å². The van der Waals surface area contributed by atoms with E-state index >= 15 is 0 Å². The van der Waals surface area contributed by atoms with Crippen molar-refractivity contribution in [1.82, 2.24) is 5.32 Å².